The molecule has 6 nitrogen and oxygen atoms in total. The van der Waals surface area contributed by atoms with E-state index in [4.69, 9.17) is 4.74 Å². The molecule has 1 rings (SSSR count). The van der Waals surface area contributed by atoms with Crippen molar-refractivity contribution in [3.8, 4) is 5.75 Å². The van der Waals surface area contributed by atoms with Crippen molar-refractivity contribution in [2.75, 3.05) is 25.6 Å². The quantitative estimate of drug-likeness (QED) is 0.334. The fourth-order valence-corrected chi connectivity index (χ4v) is 2.71. The molecule has 0 aromatic heterocycles. The number of rotatable bonds is 8. The minimum atomic E-state index is -2.98. The topological polar surface area (TPSA) is 79.8 Å². The largest absolute Gasteiger partial charge is 0.486 e. The Hall–Kier alpha value is -1.10. The number of nitrogens with zero attached hydrogens (tertiary/aromatic N) is 1. The van der Waals surface area contributed by atoms with Gasteiger partial charge >= 0.3 is 0 Å². The van der Waals surface area contributed by atoms with Gasteiger partial charge in [0, 0.05) is 19.3 Å². The molecule has 0 fully saturated rings. The van der Waals surface area contributed by atoms with Crippen molar-refractivity contribution in [1.29, 1.82) is 0 Å². The summed E-state index contributed by atoms with van der Waals surface area (Å²) in [6, 6.07) is 6.19. The Bertz CT molecular complexity index is 656. The van der Waals surface area contributed by atoms with Gasteiger partial charge in [-0.1, -0.05) is 12.1 Å². The van der Waals surface area contributed by atoms with Crippen molar-refractivity contribution in [2.24, 2.45) is 4.99 Å². The van der Waals surface area contributed by atoms with Gasteiger partial charge in [-0.15, -0.1) is 24.0 Å². The van der Waals surface area contributed by atoms with Gasteiger partial charge in [0.1, 0.15) is 15.9 Å². The number of ether oxygens (including phenoxy) is 1. The predicted molar refractivity (Wildman–Crippen MR) is 110 cm³/mol. The number of nitrogens with one attached hydrogen (secondary N) is 2. The maximum absolute atomic E-state index is 13.5. The van der Waals surface area contributed by atoms with Gasteiger partial charge in [-0.25, -0.2) is 12.8 Å². The molecule has 2 N–H and O–H groups in total. The lowest BCUT2D eigenvalue weighted by atomic mass is 10.3. The van der Waals surface area contributed by atoms with Crippen molar-refractivity contribution < 1.29 is 17.5 Å². The van der Waals surface area contributed by atoms with E-state index in [0.29, 0.717) is 18.9 Å². The van der Waals surface area contributed by atoms with Gasteiger partial charge in [-0.2, -0.15) is 0 Å². The number of benzene rings is 1. The van der Waals surface area contributed by atoms with E-state index in [0.717, 1.165) is 0 Å². The zero-order valence-corrected chi connectivity index (χ0v) is 18.1. The second kappa shape index (κ2) is 11.5. The van der Waals surface area contributed by atoms with E-state index < -0.39 is 15.7 Å². The second-order valence-corrected chi connectivity index (χ2v) is 8.04. The molecule has 2 atom stereocenters. The van der Waals surface area contributed by atoms with E-state index in [9.17, 15) is 12.8 Å². The van der Waals surface area contributed by atoms with E-state index in [1.165, 1.54) is 12.3 Å². The first-order valence-corrected chi connectivity index (χ1v) is 9.83. The molecular formula is C16H27FIN3O3S. The summed E-state index contributed by atoms with van der Waals surface area (Å²) in [6.07, 6.45) is 1.43. The molecule has 9 heteroatoms. The van der Waals surface area contributed by atoms with Crippen LogP contribution in [-0.2, 0) is 9.84 Å². The van der Waals surface area contributed by atoms with Gasteiger partial charge in [0.2, 0.25) is 0 Å². The van der Waals surface area contributed by atoms with Crippen molar-refractivity contribution in [3.05, 3.63) is 30.1 Å². The summed E-state index contributed by atoms with van der Waals surface area (Å²) in [6.45, 7) is 4.13. The molecule has 0 spiro atoms. The highest BCUT2D eigenvalue weighted by molar-refractivity contribution is 14.0. The molecule has 0 heterocycles. The Morgan fingerprint density at radius 2 is 1.96 bits per heavy atom. The van der Waals surface area contributed by atoms with Gasteiger partial charge in [0.25, 0.3) is 0 Å². The molecule has 0 aliphatic carbocycles. The summed E-state index contributed by atoms with van der Waals surface area (Å²) in [5.74, 6) is 0.461. The zero-order chi connectivity index (χ0) is 18.2. The van der Waals surface area contributed by atoms with Gasteiger partial charge in [0.15, 0.2) is 17.5 Å². The maximum atomic E-state index is 13.5. The Balaban J connectivity index is 0.00000576. The van der Waals surface area contributed by atoms with Gasteiger partial charge in [0.05, 0.1) is 12.3 Å². The van der Waals surface area contributed by atoms with Crippen LogP contribution >= 0.6 is 24.0 Å². The summed E-state index contributed by atoms with van der Waals surface area (Å²) in [5, 5.41) is 6.19. The highest BCUT2D eigenvalue weighted by Crippen LogP contribution is 2.16. The molecule has 0 saturated heterocycles. The fraction of sp³-hybridized carbons (Fsp3) is 0.562. The number of sulfone groups is 1. The number of hydrogen-bond acceptors (Lipinski definition) is 4. The number of aliphatic imine (C=N–C) groups is 1. The monoisotopic (exact) mass is 487 g/mol. The van der Waals surface area contributed by atoms with E-state index in [-0.39, 0.29) is 47.6 Å². The molecule has 0 aliphatic heterocycles. The van der Waals surface area contributed by atoms with E-state index in [2.05, 4.69) is 15.6 Å². The van der Waals surface area contributed by atoms with Crippen LogP contribution in [0, 0.1) is 5.82 Å². The third-order valence-corrected chi connectivity index (χ3v) is 4.23. The Morgan fingerprint density at radius 3 is 2.52 bits per heavy atom. The van der Waals surface area contributed by atoms with Gasteiger partial charge in [-0.05, 0) is 32.4 Å². The Kier molecular flexibility index (Phi) is 11.0. The highest BCUT2D eigenvalue weighted by Gasteiger charge is 2.11. The summed E-state index contributed by atoms with van der Waals surface area (Å²) in [4.78, 5) is 4.08. The molecule has 144 valence electrons. The zero-order valence-electron chi connectivity index (χ0n) is 15.0. The van der Waals surface area contributed by atoms with Crippen LogP contribution in [0.2, 0.25) is 0 Å². The predicted octanol–water partition coefficient (Wildman–Crippen LogP) is 2.20. The molecule has 25 heavy (non-hydrogen) atoms. The lowest BCUT2D eigenvalue weighted by molar-refractivity contribution is 0.214. The average Bonchev–Trinajstić information content (AvgIpc) is 2.51. The fourth-order valence-electron chi connectivity index (χ4n) is 1.93. The molecule has 0 radical (unpaired) electrons. The van der Waals surface area contributed by atoms with Crippen LogP contribution in [0.3, 0.4) is 0 Å². The van der Waals surface area contributed by atoms with Gasteiger partial charge in [-0.3, -0.25) is 4.99 Å². The van der Waals surface area contributed by atoms with Crippen LogP contribution < -0.4 is 15.4 Å². The Morgan fingerprint density at radius 1 is 1.32 bits per heavy atom. The summed E-state index contributed by atoms with van der Waals surface area (Å²) < 4.78 is 41.4. The third kappa shape index (κ3) is 10.5. The van der Waals surface area contributed by atoms with Gasteiger partial charge < -0.3 is 15.4 Å². The first kappa shape index (κ1) is 23.9. The van der Waals surface area contributed by atoms with E-state index in [1.807, 2.05) is 13.8 Å². The number of hydrogen-bond donors (Lipinski definition) is 2. The maximum Gasteiger partial charge on any atom is 0.191 e. The molecule has 0 bridgehead atoms. The lowest BCUT2D eigenvalue weighted by Crippen LogP contribution is -2.45. The number of para-hydroxylation sites is 1. The molecule has 2 unspecified atom stereocenters. The number of halogens is 2. The number of guanidine groups is 1. The Labute approximate surface area is 166 Å². The average molecular weight is 487 g/mol. The first-order chi connectivity index (χ1) is 11.2. The highest BCUT2D eigenvalue weighted by atomic mass is 127. The minimum absolute atomic E-state index is 0. The minimum Gasteiger partial charge on any atom is -0.486 e. The summed E-state index contributed by atoms with van der Waals surface area (Å²) in [7, 11) is -1.36. The van der Waals surface area contributed by atoms with Crippen molar-refractivity contribution in [2.45, 2.75) is 32.4 Å². The molecule has 1 aromatic carbocycles. The molecule has 0 amide bonds. The van der Waals surface area contributed by atoms with Crippen molar-refractivity contribution in [1.82, 2.24) is 10.6 Å². The van der Waals surface area contributed by atoms with Crippen LogP contribution in [0.1, 0.15) is 20.3 Å². The smallest absolute Gasteiger partial charge is 0.191 e. The van der Waals surface area contributed by atoms with Crippen LogP contribution in [0.15, 0.2) is 29.3 Å². The molecule has 1 aromatic rings. The molecule has 0 aliphatic rings. The van der Waals surface area contributed by atoms with Crippen LogP contribution in [0.25, 0.3) is 0 Å². The van der Waals surface area contributed by atoms with Crippen LogP contribution in [-0.4, -0.2) is 52.1 Å². The molecular weight excluding hydrogens is 460 g/mol. The van der Waals surface area contributed by atoms with Crippen LogP contribution in [0.4, 0.5) is 4.39 Å². The van der Waals surface area contributed by atoms with Crippen molar-refractivity contribution in [3.63, 3.8) is 0 Å². The first-order valence-electron chi connectivity index (χ1n) is 7.77. The van der Waals surface area contributed by atoms with Crippen LogP contribution in [0.5, 0.6) is 5.75 Å². The SMILES string of the molecule is CN=C(NCC(C)Oc1ccccc1F)NC(C)CCS(C)(=O)=O.I. The molecule has 0 saturated carbocycles. The standard InChI is InChI=1S/C16H26FN3O3S.HI/c1-12(9-10-24(4,21)22)20-16(18-3)19-11-13(2)23-15-8-6-5-7-14(15)17;/h5-8,12-13H,9-11H2,1-4H3,(H2,18,19,20);1H. The third-order valence-electron chi connectivity index (χ3n) is 3.25. The second-order valence-electron chi connectivity index (χ2n) is 5.78. The summed E-state index contributed by atoms with van der Waals surface area (Å²) in [5.41, 5.74) is 0. The van der Waals surface area contributed by atoms with Crippen molar-refractivity contribution >= 4 is 39.8 Å². The normalized spacial score (nSPS) is 14.2. The summed E-state index contributed by atoms with van der Waals surface area (Å²) >= 11 is 0. The van der Waals surface area contributed by atoms with E-state index >= 15 is 0 Å². The van der Waals surface area contributed by atoms with E-state index in [1.54, 1.807) is 25.2 Å². The lowest BCUT2D eigenvalue weighted by Gasteiger charge is -2.20.